The van der Waals surface area contributed by atoms with Crippen molar-refractivity contribution >= 4 is 17.6 Å². The molecule has 6 heteroatoms. The largest absolute Gasteiger partial charge is 0.384 e. The molecular formula is C14H18N4O2. The van der Waals surface area contributed by atoms with Crippen LogP contribution in [-0.2, 0) is 16.1 Å². The van der Waals surface area contributed by atoms with Gasteiger partial charge in [-0.2, -0.15) is 0 Å². The fourth-order valence-electron chi connectivity index (χ4n) is 3.37. The minimum absolute atomic E-state index is 0.0759. The third kappa shape index (κ3) is 2.05. The lowest BCUT2D eigenvalue weighted by atomic mass is 10.00. The van der Waals surface area contributed by atoms with E-state index in [0.29, 0.717) is 17.6 Å². The number of rotatable bonds is 2. The SMILES string of the molecule is Cc1cc(N)nc(CN2C(=O)C3CC(C)CC3C2=O)n1. The van der Waals surface area contributed by atoms with Crippen LogP contribution in [0.5, 0.6) is 0 Å². The molecule has 3 rings (SSSR count). The number of aryl methyl sites for hydroxylation is 1. The molecule has 0 bridgehead atoms. The van der Waals surface area contributed by atoms with E-state index >= 15 is 0 Å². The number of anilines is 1. The molecule has 6 nitrogen and oxygen atoms in total. The third-order valence-electron chi connectivity index (χ3n) is 4.18. The van der Waals surface area contributed by atoms with Crippen LogP contribution in [0.3, 0.4) is 0 Å². The van der Waals surface area contributed by atoms with E-state index in [0.717, 1.165) is 18.5 Å². The predicted molar refractivity (Wildman–Crippen MR) is 72.1 cm³/mol. The molecule has 1 aromatic heterocycles. The van der Waals surface area contributed by atoms with Crippen LogP contribution in [0, 0.1) is 24.7 Å². The molecule has 1 saturated carbocycles. The summed E-state index contributed by atoms with van der Waals surface area (Å²) in [4.78, 5) is 34.3. The Balaban J connectivity index is 1.82. The number of imide groups is 1. The highest BCUT2D eigenvalue weighted by atomic mass is 16.2. The van der Waals surface area contributed by atoms with Gasteiger partial charge in [-0.15, -0.1) is 0 Å². The van der Waals surface area contributed by atoms with Crippen molar-refractivity contribution in [3.05, 3.63) is 17.6 Å². The summed E-state index contributed by atoms with van der Waals surface area (Å²) in [5.74, 6) is 0.809. The topological polar surface area (TPSA) is 89.2 Å². The minimum Gasteiger partial charge on any atom is -0.384 e. The van der Waals surface area contributed by atoms with Gasteiger partial charge in [0, 0.05) is 11.8 Å². The first-order valence-corrected chi connectivity index (χ1v) is 6.91. The van der Waals surface area contributed by atoms with E-state index in [1.165, 1.54) is 4.90 Å². The van der Waals surface area contributed by atoms with E-state index in [1.54, 1.807) is 6.07 Å². The van der Waals surface area contributed by atoms with Crippen LogP contribution in [0.2, 0.25) is 0 Å². The van der Waals surface area contributed by atoms with Crippen LogP contribution in [-0.4, -0.2) is 26.7 Å². The van der Waals surface area contributed by atoms with Gasteiger partial charge in [0.05, 0.1) is 18.4 Å². The Morgan fingerprint density at radius 3 is 2.40 bits per heavy atom. The van der Waals surface area contributed by atoms with Gasteiger partial charge < -0.3 is 5.73 Å². The van der Waals surface area contributed by atoms with Crippen molar-refractivity contribution in [2.24, 2.45) is 17.8 Å². The van der Waals surface area contributed by atoms with Crippen molar-refractivity contribution in [3.63, 3.8) is 0 Å². The molecule has 1 aliphatic carbocycles. The number of amides is 2. The maximum absolute atomic E-state index is 12.3. The van der Waals surface area contributed by atoms with E-state index in [2.05, 4.69) is 16.9 Å². The molecule has 2 atom stereocenters. The summed E-state index contributed by atoms with van der Waals surface area (Å²) in [5, 5.41) is 0. The summed E-state index contributed by atoms with van der Waals surface area (Å²) in [6.07, 6.45) is 1.62. The number of likely N-dealkylation sites (tertiary alicyclic amines) is 1. The maximum Gasteiger partial charge on any atom is 0.233 e. The van der Waals surface area contributed by atoms with Gasteiger partial charge in [-0.05, 0) is 25.7 Å². The second kappa shape index (κ2) is 4.54. The minimum atomic E-state index is -0.139. The quantitative estimate of drug-likeness (QED) is 0.809. The zero-order chi connectivity index (χ0) is 14.4. The van der Waals surface area contributed by atoms with Crippen LogP contribution in [0.4, 0.5) is 5.82 Å². The highest BCUT2D eigenvalue weighted by Gasteiger charge is 2.51. The first-order chi connectivity index (χ1) is 9.45. The Hall–Kier alpha value is -1.98. The normalized spacial score (nSPS) is 29.1. The van der Waals surface area contributed by atoms with Gasteiger partial charge in [-0.1, -0.05) is 6.92 Å². The summed E-state index contributed by atoms with van der Waals surface area (Å²) >= 11 is 0. The van der Waals surface area contributed by atoms with Crippen molar-refractivity contribution < 1.29 is 9.59 Å². The number of fused-ring (bicyclic) bond motifs is 1. The van der Waals surface area contributed by atoms with Crippen LogP contribution >= 0.6 is 0 Å². The number of hydrogen-bond acceptors (Lipinski definition) is 5. The smallest absolute Gasteiger partial charge is 0.233 e. The van der Waals surface area contributed by atoms with Crippen molar-refractivity contribution in [1.29, 1.82) is 0 Å². The Kier molecular flexibility index (Phi) is 2.96. The summed E-state index contributed by atoms with van der Waals surface area (Å²) in [6, 6.07) is 1.66. The predicted octanol–water partition coefficient (Wildman–Crippen LogP) is 0.898. The number of aromatic nitrogens is 2. The van der Waals surface area contributed by atoms with Crippen LogP contribution < -0.4 is 5.73 Å². The number of nitrogens with two attached hydrogens (primary N) is 1. The van der Waals surface area contributed by atoms with E-state index in [9.17, 15) is 9.59 Å². The monoisotopic (exact) mass is 274 g/mol. The van der Waals surface area contributed by atoms with Crippen LogP contribution in [0.15, 0.2) is 6.07 Å². The fraction of sp³-hybridized carbons (Fsp3) is 0.571. The molecule has 20 heavy (non-hydrogen) atoms. The Labute approximate surface area is 117 Å². The van der Waals surface area contributed by atoms with Crippen molar-refractivity contribution in [1.82, 2.24) is 14.9 Å². The van der Waals surface area contributed by atoms with Gasteiger partial charge in [0.1, 0.15) is 5.82 Å². The van der Waals surface area contributed by atoms with Crippen LogP contribution in [0.1, 0.15) is 31.3 Å². The molecule has 2 N–H and O–H groups in total. The van der Waals surface area contributed by atoms with Crippen molar-refractivity contribution in [3.8, 4) is 0 Å². The molecule has 1 saturated heterocycles. The van der Waals surface area contributed by atoms with Crippen molar-refractivity contribution in [2.45, 2.75) is 33.2 Å². The number of hydrogen-bond donors (Lipinski definition) is 1. The molecule has 1 aliphatic heterocycles. The molecule has 0 spiro atoms. The van der Waals surface area contributed by atoms with E-state index in [4.69, 9.17) is 5.73 Å². The second-order valence-electron chi connectivity index (χ2n) is 5.90. The Bertz CT molecular complexity index is 542. The molecule has 2 heterocycles. The molecule has 2 unspecified atom stereocenters. The number of carbonyl (C=O) groups excluding carboxylic acids is 2. The first kappa shape index (κ1) is 13.0. The van der Waals surface area contributed by atoms with Gasteiger partial charge in [0.25, 0.3) is 0 Å². The maximum atomic E-state index is 12.3. The molecular weight excluding hydrogens is 256 g/mol. The highest BCUT2D eigenvalue weighted by molar-refractivity contribution is 6.05. The van der Waals surface area contributed by atoms with Gasteiger partial charge in [0.15, 0.2) is 5.82 Å². The molecule has 1 aromatic rings. The Morgan fingerprint density at radius 2 is 1.85 bits per heavy atom. The molecule has 2 fully saturated rings. The summed E-state index contributed by atoms with van der Waals surface area (Å²) in [6.45, 7) is 4.03. The Morgan fingerprint density at radius 1 is 1.25 bits per heavy atom. The highest BCUT2D eigenvalue weighted by Crippen LogP contribution is 2.43. The van der Waals surface area contributed by atoms with Crippen molar-refractivity contribution in [2.75, 3.05) is 5.73 Å². The zero-order valence-corrected chi connectivity index (χ0v) is 11.7. The summed E-state index contributed by atoms with van der Waals surface area (Å²) < 4.78 is 0. The average molecular weight is 274 g/mol. The molecule has 2 amide bonds. The molecule has 0 aromatic carbocycles. The van der Waals surface area contributed by atoms with Gasteiger partial charge in [-0.25, -0.2) is 9.97 Å². The number of nitrogen functional groups attached to an aromatic ring is 1. The third-order valence-corrected chi connectivity index (χ3v) is 4.18. The zero-order valence-electron chi connectivity index (χ0n) is 11.7. The molecule has 2 aliphatic rings. The molecule has 0 radical (unpaired) electrons. The van der Waals surface area contributed by atoms with Gasteiger partial charge in [-0.3, -0.25) is 14.5 Å². The van der Waals surface area contributed by atoms with E-state index in [1.807, 2.05) is 6.92 Å². The van der Waals surface area contributed by atoms with Gasteiger partial charge in [0.2, 0.25) is 11.8 Å². The number of nitrogens with zero attached hydrogens (tertiary/aromatic N) is 3. The van der Waals surface area contributed by atoms with E-state index in [-0.39, 0.29) is 30.2 Å². The lowest BCUT2D eigenvalue weighted by Crippen LogP contribution is -2.32. The summed E-state index contributed by atoms with van der Waals surface area (Å²) in [5.41, 5.74) is 6.41. The summed E-state index contributed by atoms with van der Waals surface area (Å²) in [7, 11) is 0. The van der Waals surface area contributed by atoms with Crippen LogP contribution in [0.25, 0.3) is 0 Å². The molecule has 106 valence electrons. The van der Waals surface area contributed by atoms with E-state index < -0.39 is 0 Å². The standard InChI is InChI=1S/C14H18N4O2/c1-7-3-9-10(4-7)14(20)18(13(9)19)6-12-16-8(2)5-11(15)17-12/h5,7,9-10H,3-4,6H2,1-2H3,(H2,15,16,17). The number of carbonyl (C=O) groups is 2. The fourth-order valence-corrected chi connectivity index (χ4v) is 3.37. The first-order valence-electron chi connectivity index (χ1n) is 6.91. The second-order valence-corrected chi connectivity index (χ2v) is 5.90. The lowest BCUT2D eigenvalue weighted by Gasteiger charge is -2.16. The van der Waals surface area contributed by atoms with Gasteiger partial charge >= 0.3 is 0 Å². The average Bonchev–Trinajstić information content (AvgIpc) is 2.83. The lowest BCUT2D eigenvalue weighted by molar-refractivity contribution is -0.141.